The predicted octanol–water partition coefficient (Wildman–Crippen LogP) is 1.49. The van der Waals surface area contributed by atoms with E-state index in [2.05, 4.69) is 56.2 Å². The first-order valence-electron chi connectivity index (χ1n) is 26.6. The Hall–Kier alpha value is -6.66. The maximum atomic E-state index is 14.5. The lowest BCUT2D eigenvalue weighted by molar-refractivity contribution is -0.147. The number of rotatable bonds is 16. The minimum atomic E-state index is -1.07. The molecule has 8 amide bonds. The summed E-state index contributed by atoms with van der Waals surface area (Å²) in [4.78, 5) is 118. The first-order valence-corrected chi connectivity index (χ1v) is 26.6. The van der Waals surface area contributed by atoms with Gasteiger partial charge in [0.15, 0.2) is 0 Å². The lowest BCUT2D eigenvalue weighted by atomic mass is 10.0. The van der Waals surface area contributed by atoms with Crippen LogP contribution in [-0.4, -0.2) is 168 Å². The number of nitrogens with one attached hydrogen (secondary N) is 6. The van der Waals surface area contributed by atoms with Gasteiger partial charge < -0.3 is 51.5 Å². The third-order valence-electron chi connectivity index (χ3n) is 16.4. The SMILES string of the molecule is CN[C@@H](C)C(=O)N[C@H]1CN(C(=O)Cc2ccc(CC(=O)N3CC[C@H]4CC[C@@H](C(=O)N[C@@H]5C[C@H]5c5ccccc5)N4C(=O)[C@@H](NC(=O)[C@H](C)NC)C3)cc2)CC[C@H]2CC[C@@H](C(=O)N[C@@H]3C[C@H]3c3ccccc3)N2C1=O. The van der Waals surface area contributed by atoms with Crippen molar-refractivity contribution in [1.82, 2.24) is 51.5 Å². The summed E-state index contributed by atoms with van der Waals surface area (Å²) < 4.78 is 0. The van der Waals surface area contributed by atoms with Crippen LogP contribution in [0.1, 0.15) is 99.3 Å². The summed E-state index contributed by atoms with van der Waals surface area (Å²) in [6.45, 7) is 3.92. The topological polar surface area (TPSA) is 222 Å². The molecule has 6 fully saturated rings. The van der Waals surface area contributed by atoms with Gasteiger partial charge in [0.25, 0.3) is 0 Å². The summed E-state index contributed by atoms with van der Waals surface area (Å²) in [5, 5.41) is 18.0. The first kappa shape index (κ1) is 52.2. The summed E-state index contributed by atoms with van der Waals surface area (Å²) in [5.74, 6) is -1.91. The van der Waals surface area contributed by atoms with Gasteiger partial charge in [-0.15, -0.1) is 0 Å². The Bertz CT molecular complexity index is 2390. The molecule has 2 saturated carbocycles. The molecule has 74 heavy (non-hydrogen) atoms. The van der Waals surface area contributed by atoms with Crippen LogP contribution in [0.3, 0.4) is 0 Å². The van der Waals surface area contributed by atoms with Gasteiger partial charge in [0.05, 0.1) is 24.9 Å². The molecule has 4 heterocycles. The van der Waals surface area contributed by atoms with Gasteiger partial charge in [0.2, 0.25) is 47.3 Å². The van der Waals surface area contributed by atoms with E-state index in [9.17, 15) is 38.4 Å². The fraction of sp³-hybridized carbons (Fsp3) is 0.536. The number of hydrogen-bond acceptors (Lipinski definition) is 10. The molecule has 0 radical (unpaired) electrons. The molecule has 3 aromatic rings. The van der Waals surface area contributed by atoms with E-state index in [4.69, 9.17) is 0 Å². The summed E-state index contributed by atoms with van der Waals surface area (Å²) in [6.07, 6.45) is 4.84. The highest BCUT2D eigenvalue weighted by molar-refractivity contribution is 5.96. The van der Waals surface area contributed by atoms with E-state index >= 15 is 0 Å². The summed E-state index contributed by atoms with van der Waals surface area (Å²) in [7, 11) is 3.30. The molecule has 394 valence electrons. The van der Waals surface area contributed by atoms with Crippen molar-refractivity contribution in [1.29, 1.82) is 0 Å². The second kappa shape index (κ2) is 22.8. The molecule has 18 nitrogen and oxygen atoms in total. The standard InChI is InChI=1S/C56H72N10O8/c1-33(57-3)51(69)61-45-31-63(25-23-39-19-21-47(65(39)55(45)73)53(71)59-43-29-41(43)37-11-7-5-8-12-37)49(67)27-35-15-17-36(18-16-35)28-50(68)64-26-24-40-20-22-48(54(72)60-44-30-42(44)38-13-9-6-10-14-38)66(40)56(74)46(32-64)62-52(70)34(2)58-4/h5-18,33-34,39-48,57-58H,19-32H2,1-4H3,(H,59,71)(H,60,72)(H,61,69)(H,62,70)/t33-,34-,39+,40+,41-,42-,43+,44+,45-,46-,47-,48-/m0/s1. The maximum absolute atomic E-state index is 14.5. The van der Waals surface area contributed by atoms with Gasteiger partial charge in [-0.3, -0.25) is 38.4 Å². The van der Waals surface area contributed by atoms with Crippen molar-refractivity contribution in [2.24, 2.45) is 0 Å². The van der Waals surface area contributed by atoms with Crippen molar-refractivity contribution in [2.75, 3.05) is 40.3 Å². The lowest BCUT2D eigenvalue weighted by Crippen LogP contribution is -2.62. The Morgan fingerprint density at radius 3 is 1.26 bits per heavy atom. The minimum absolute atomic E-state index is 0.00337. The lowest BCUT2D eigenvalue weighted by Gasteiger charge is -2.39. The second-order valence-corrected chi connectivity index (χ2v) is 21.3. The average Bonchev–Trinajstić information content (AvgIpc) is 4.27. The molecule has 3 aromatic carbocycles. The van der Waals surface area contributed by atoms with Crippen LogP contribution in [0.2, 0.25) is 0 Å². The molecular weight excluding hydrogens is 941 g/mol. The number of carbonyl (C=O) groups is 8. The van der Waals surface area contributed by atoms with Crippen molar-refractivity contribution >= 4 is 47.3 Å². The fourth-order valence-corrected chi connectivity index (χ4v) is 11.5. The smallest absolute Gasteiger partial charge is 0.247 e. The Kier molecular flexibility index (Phi) is 16.1. The van der Waals surface area contributed by atoms with E-state index in [1.54, 1.807) is 71.8 Å². The van der Waals surface area contributed by atoms with E-state index in [0.717, 1.165) is 12.8 Å². The summed E-state index contributed by atoms with van der Waals surface area (Å²) in [5.41, 5.74) is 3.74. The fourth-order valence-electron chi connectivity index (χ4n) is 11.5. The molecule has 0 bridgehead atoms. The monoisotopic (exact) mass is 1010 g/mol. The second-order valence-electron chi connectivity index (χ2n) is 21.3. The average molecular weight is 1010 g/mol. The van der Waals surface area contributed by atoms with Crippen molar-refractivity contribution < 1.29 is 38.4 Å². The number of amides is 8. The number of nitrogens with zero attached hydrogens (tertiary/aromatic N) is 4. The Balaban J connectivity index is 0.822. The molecule has 0 aromatic heterocycles. The molecule has 6 N–H and O–H groups in total. The number of hydrogen-bond donors (Lipinski definition) is 6. The number of likely N-dealkylation sites (N-methyl/N-ethyl adjacent to an activating group) is 2. The molecule has 4 aliphatic heterocycles. The molecule has 4 saturated heterocycles. The molecule has 0 unspecified atom stereocenters. The molecular formula is C56H72N10O8. The van der Waals surface area contributed by atoms with Crippen molar-refractivity contribution in [3.63, 3.8) is 0 Å². The quantitative estimate of drug-likeness (QED) is 0.121. The zero-order chi connectivity index (χ0) is 52.2. The zero-order valence-corrected chi connectivity index (χ0v) is 43.0. The molecule has 6 aliphatic rings. The summed E-state index contributed by atoms with van der Waals surface area (Å²) in [6, 6.07) is 22.1. The van der Waals surface area contributed by atoms with Crippen LogP contribution < -0.4 is 31.9 Å². The first-order chi connectivity index (χ1) is 35.7. The number of carbonyl (C=O) groups excluding carboxylic acids is 8. The van der Waals surface area contributed by atoms with Crippen LogP contribution >= 0.6 is 0 Å². The molecule has 0 spiro atoms. The van der Waals surface area contributed by atoms with Gasteiger partial charge in [-0.25, -0.2) is 0 Å². The van der Waals surface area contributed by atoms with Gasteiger partial charge in [-0.05, 0) is 102 Å². The van der Waals surface area contributed by atoms with Crippen molar-refractivity contribution in [3.05, 3.63) is 107 Å². The van der Waals surface area contributed by atoms with E-state index < -0.39 is 48.1 Å². The van der Waals surface area contributed by atoms with Crippen molar-refractivity contribution in [2.45, 2.75) is 150 Å². The van der Waals surface area contributed by atoms with Gasteiger partial charge in [-0.2, -0.15) is 0 Å². The number of fused-ring (bicyclic) bond motifs is 2. The molecule has 12 atom stereocenters. The van der Waals surface area contributed by atoms with E-state index in [-0.39, 0.29) is 97.4 Å². The molecule has 18 heteroatoms. The highest BCUT2D eigenvalue weighted by atomic mass is 16.2. The Morgan fingerprint density at radius 2 is 0.892 bits per heavy atom. The molecule has 2 aliphatic carbocycles. The van der Waals surface area contributed by atoms with Crippen LogP contribution in [0, 0.1) is 0 Å². The van der Waals surface area contributed by atoms with Crippen LogP contribution in [0.15, 0.2) is 84.9 Å². The van der Waals surface area contributed by atoms with E-state index in [0.29, 0.717) is 62.7 Å². The van der Waals surface area contributed by atoms with Crippen molar-refractivity contribution in [3.8, 4) is 0 Å². The van der Waals surface area contributed by atoms with E-state index in [1.807, 2.05) is 36.4 Å². The van der Waals surface area contributed by atoms with Crippen LogP contribution in [-0.2, 0) is 51.2 Å². The summed E-state index contributed by atoms with van der Waals surface area (Å²) >= 11 is 0. The highest BCUT2D eigenvalue weighted by Gasteiger charge is 2.50. The highest BCUT2D eigenvalue weighted by Crippen LogP contribution is 2.42. The predicted molar refractivity (Wildman–Crippen MR) is 276 cm³/mol. The van der Waals surface area contributed by atoms with Gasteiger partial charge >= 0.3 is 0 Å². The van der Waals surface area contributed by atoms with Gasteiger partial charge in [0.1, 0.15) is 24.2 Å². The normalized spacial score (nSPS) is 28.3. The Morgan fingerprint density at radius 1 is 0.514 bits per heavy atom. The molecule has 9 rings (SSSR count). The Labute approximate surface area is 433 Å². The van der Waals surface area contributed by atoms with Gasteiger partial charge in [-0.1, -0.05) is 84.9 Å². The van der Waals surface area contributed by atoms with Gasteiger partial charge in [0, 0.05) is 62.2 Å². The maximum Gasteiger partial charge on any atom is 0.247 e. The van der Waals surface area contributed by atoms with Crippen LogP contribution in [0.5, 0.6) is 0 Å². The van der Waals surface area contributed by atoms with Crippen LogP contribution in [0.25, 0.3) is 0 Å². The third kappa shape index (κ3) is 11.8. The number of benzene rings is 3. The minimum Gasteiger partial charge on any atom is -0.351 e. The van der Waals surface area contributed by atoms with Crippen LogP contribution in [0.4, 0.5) is 0 Å². The zero-order valence-electron chi connectivity index (χ0n) is 43.0. The third-order valence-corrected chi connectivity index (χ3v) is 16.4. The van der Waals surface area contributed by atoms with E-state index in [1.165, 1.54) is 11.1 Å². The largest absolute Gasteiger partial charge is 0.351 e.